The molecule has 33 heavy (non-hydrogen) atoms. The van der Waals surface area contributed by atoms with E-state index in [4.69, 9.17) is 39.5 Å². The first-order valence-corrected chi connectivity index (χ1v) is 12.1. The number of hydrogen-bond acceptors (Lipinski definition) is 6. The van der Waals surface area contributed by atoms with Crippen molar-refractivity contribution in [2.45, 2.75) is 58.8 Å². The highest BCUT2D eigenvalue weighted by Crippen LogP contribution is 2.55. The average molecular weight is 540 g/mol. The Kier molecular flexibility index (Phi) is 6.80. The fourth-order valence-corrected chi connectivity index (χ4v) is 6.98. The first-order chi connectivity index (χ1) is 15.1. The lowest BCUT2D eigenvalue weighted by atomic mass is 9.78. The molecule has 180 valence electrons. The molecule has 3 rings (SSSR count). The summed E-state index contributed by atoms with van der Waals surface area (Å²) < 4.78 is 14.9. The van der Waals surface area contributed by atoms with E-state index in [1.54, 1.807) is 30.3 Å². The van der Waals surface area contributed by atoms with Gasteiger partial charge in [-0.2, -0.15) is 0 Å². The summed E-state index contributed by atoms with van der Waals surface area (Å²) in [4.78, 5) is 50.9. The highest BCUT2D eigenvalue weighted by Gasteiger charge is 2.77. The maximum absolute atomic E-state index is 13.3. The molecule has 2 aliphatic heterocycles. The lowest BCUT2D eigenvalue weighted by molar-refractivity contribution is -0.173. The average Bonchev–Trinajstić information content (AvgIpc) is 2.85. The van der Waals surface area contributed by atoms with Crippen molar-refractivity contribution >= 4 is 69.4 Å². The van der Waals surface area contributed by atoms with Gasteiger partial charge in [-0.3, -0.25) is 18.6 Å². The molecule has 5 atom stereocenters. The highest BCUT2D eigenvalue weighted by molar-refractivity contribution is 7.87. The van der Waals surface area contributed by atoms with Crippen molar-refractivity contribution in [2.75, 3.05) is 0 Å². The monoisotopic (exact) mass is 538 g/mol. The number of carbonyl (C=O) groups is 4. The van der Waals surface area contributed by atoms with E-state index in [9.17, 15) is 28.5 Å². The van der Waals surface area contributed by atoms with E-state index in [-0.39, 0.29) is 0 Å². The second-order valence-electron chi connectivity index (χ2n) is 8.25. The van der Waals surface area contributed by atoms with Gasteiger partial charge in [0, 0.05) is 18.9 Å². The van der Waals surface area contributed by atoms with Crippen LogP contribution in [0.1, 0.15) is 38.9 Å². The first kappa shape index (κ1) is 25.7. The molecule has 0 radical (unpaired) electrons. The number of ether oxygens (including phenoxy) is 1. The number of fused-ring (bicyclic) bond motifs is 1. The van der Waals surface area contributed by atoms with Gasteiger partial charge >= 0.3 is 11.9 Å². The van der Waals surface area contributed by atoms with Gasteiger partial charge in [0.2, 0.25) is 12.0 Å². The Morgan fingerprint density at radius 3 is 2.30 bits per heavy atom. The summed E-state index contributed by atoms with van der Waals surface area (Å²) in [5.41, 5.74) is -1.72. The number of nitrogens with zero attached hydrogens (tertiary/aromatic N) is 1. The lowest BCUT2D eigenvalue weighted by Crippen LogP contribution is -2.76. The third-order valence-electron chi connectivity index (χ3n) is 5.90. The van der Waals surface area contributed by atoms with E-state index in [1.165, 1.54) is 13.8 Å². The van der Waals surface area contributed by atoms with E-state index >= 15 is 0 Å². The zero-order valence-electron chi connectivity index (χ0n) is 17.7. The second kappa shape index (κ2) is 8.72. The van der Waals surface area contributed by atoms with Crippen molar-refractivity contribution in [3.05, 3.63) is 35.9 Å². The van der Waals surface area contributed by atoms with E-state index in [0.29, 0.717) is 5.56 Å². The van der Waals surface area contributed by atoms with Crippen LogP contribution in [-0.4, -0.2) is 63.5 Å². The number of carbonyl (C=O) groups excluding carboxylic acids is 3. The normalized spacial score (nSPS) is 29.0. The third-order valence-corrected chi connectivity index (χ3v) is 8.57. The van der Waals surface area contributed by atoms with Crippen molar-refractivity contribution in [3.63, 3.8) is 0 Å². The molecular weight excluding hydrogens is 519 g/mol. The summed E-state index contributed by atoms with van der Waals surface area (Å²) in [5, 5.41) is 11.4. The molecule has 2 fully saturated rings. The predicted molar refractivity (Wildman–Crippen MR) is 121 cm³/mol. The number of carboxylic acid groups (broad SMARTS) is 1. The Balaban J connectivity index is 1.94. The molecule has 0 spiro atoms. The minimum atomic E-state index is -2.08. The van der Waals surface area contributed by atoms with Crippen molar-refractivity contribution in [1.82, 2.24) is 10.2 Å². The van der Waals surface area contributed by atoms with Crippen LogP contribution in [0.5, 0.6) is 0 Å². The maximum Gasteiger partial charge on any atom is 0.331 e. The molecule has 13 heteroatoms. The summed E-state index contributed by atoms with van der Waals surface area (Å²) in [7, 11) is -1.96. The summed E-state index contributed by atoms with van der Waals surface area (Å²) in [5.74, 6) is -3.81. The number of esters is 1. The Hall–Kier alpha value is -1.88. The molecule has 2 saturated heterocycles. The number of alkyl halides is 3. The van der Waals surface area contributed by atoms with Gasteiger partial charge < -0.3 is 20.1 Å². The van der Waals surface area contributed by atoms with Crippen molar-refractivity contribution in [3.8, 4) is 0 Å². The minimum absolute atomic E-state index is 0.359. The first-order valence-electron chi connectivity index (χ1n) is 9.71. The molecule has 0 aliphatic carbocycles. The number of carboxylic acids is 1. The Labute approximate surface area is 207 Å². The zero-order valence-corrected chi connectivity index (χ0v) is 20.8. The smallest absolute Gasteiger partial charge is 0.331 e. The van der Waals surface area contributed by atoms with Crippen LogP contribution in [-0.2, 0) is 34.7 Å². The number of amides is 2. The number of β-lactam (4-membered cyclic amide) rings is 1. The standard InChI is InChI=1S/C20H21Cl3N2O7S/c1-10(26)32-13(11-7-5-4-6-8-11)14(27)24-12-15(28)25-16(12)33(31)18(2,3)19(25,17(29)30)9-20(21,22)23/h4-8,12-13,16H,9H2,1-3H3,(H,24,27)(H,29,30)/t12?,13?,16-,19?,33?/m1/s1. The van der Waals surface area contributed by atoms with Crippen LogP contribution in [0.4, 0.5) is 0 Å². The van der Waals surface area contributed by atoms with Gasteiger partial charge in [0.15, 0.2) is 9.33 Å². The molecule has 0 saturated carbocycles. The molecule has 2 amide bonds. The summed E-state index contributed by atoms with van der Waals surface area (Å²) >= 11 is 17.7. The van der Waals surface area contributed by atoms with Crippen LogP contribution < -0.4 is 5.32 Å². The molecule has 2 aliphatic rings. The number of benzene rings is 1. The van der Waals surface area contributed by atoms with Gasteiger partial charge in [-0.15, -0.1) is 0 Å². The van der Waals surface area contributed by atoms with Gasteiger partial charge in [0.1, 0.15) is 11.4 Å². The number of hydrogen-bond donors (Lipinski definition) is 2. The fraction of sp³-hybridized carbons (Fsp3) is 0.500. The summed E-state index contributed by atoms with van der Waals surface area (Å²) in [6.07, 6.45) is -1.97. The number of halogens is 3. The molecule has 9 nitrogen and oxygen atoms in total. The van der Waals surface area contributed by atoms with E-state index in [1.807, 2.05) is 0 Å². The van der Waals surface area contributed by atoms with Crippen molar-refractivity contribution in [2.24, 2.45) is 0 Å². The third kappa shape index (κ3) is 4.22. The zero-order chi connectivity index (χ0) is 24.9. The van der Waals surface area contributed by atoms with E-state index in [0.717, 1.165) is 11.8 Å². The molecule has 4 unspecified atom stereocenters. The SMILES string of the molecule is CC(=O)OC(C(=O)NC1C(=O)N2[C@@H]1S(=O)C(C)(C)C2(CC(Cl)(Cl)Cl)C(=O)O)c1ccccc1. The van der Waals surface area contributed by atoms with Crippen LogP contribution in [0.3, 0.4) is 0 Å². The fourth-order valence-electron chi connectivity index (χ4n) is 4.30. The van der Waals surface area contributed by atoms with E-state index in [2.05, 4.69) is 5.32 Å². The second-order valence-corrected chi connectivity index (χ2v) is 12.9. The van der Waals surface area contributed by atoms with Gasteiger partial charge in [-0.1, -0.05) is 65.1 Å². The van der Waals surface area contributed by atoms with Gasteiger partial charge in [-0.05, 0) is 13.8 Å². The van der Waals surface area contributed by atoms with E-state index < -0.39 is 72.6 Å². The Morgan fingerprint density at radius 2 is 1.82 bits per heavy atom. The molecular formula is C20H21Cl3N2O7S. The number of aliphatic carboxylic acids is 1. The number of rotatable bonds is 6. The van der Waals surface area contributed by atoms with Crippen LogP contribution in [0.2, 0.25) is 0 Å². The topological polar surface area (TPSA) is 130 Å². The maximum atomic E-state index is 13.3. The van der Waals surface area contributed by atoms with Crippen LogP contribution in [0.25, 0.3) is 0 Å². The largest absolute Gasteiger partial charge is 0.479 e. The Bertz CT molecular complexity index is 1030. The van der Waals surface area contributed by atoms with Crippen LogP contribution in [0.15, 0.2) is 30.3 Å². The van der Waals surface area contributed by atoms with Crippen molar-refractivity contribution < 1.29 is 33.2 Å². The molecule has 2 heterocycles. The molecule has 1 aromatic carbocycles. The van der Waals surface area contributed by atoms with Gasteiger partial charge in [0.05, 0.1) is 15.5 Å². The van der Waals surface area contributed by atoms with Crippen molar-refractivity contribution in [1.29, 1.82) is 0 Å². The highest BCUT2D eigenvalue weighted by atomic mass is 35.6. The molecule has 0 aromatic heterocycles. The van der Waals surface area contributed by atoms with Crippen LogP contribution in [0, 0.1) is 0 Å². The molecule has 0 bridgehead atoms. The van der Waals surface area contributed by atoms with Crippen LogP contribution >= 0.6 is 34.8 Å². The summed E-state index contributed by atoms with van der Waals surface area (Å²) in [6.45, 7) is 3.94. The summed E-state index contributed by atoms with van der Waals surface area (Å²) in [6, 6.07) is 6.81. The molecule has 1 aromatic rings. The number of nitrogens with one attached hydrogen (secondary N) is 1. The lowest BCUT2D eigenvalue weighted by Gasteiger charge is -2.50. The van der Waals surface area contributed by atoms with Gasteiger partial charge in [0.25, 0.3) is 5.91 Å². The predicted octanol–water partition coefficient (Wildman–Crippen LogP) is 2.07. The minimum Gasteiger partial charge on any atom is -0.479 e. The van der Waals surface area contributed by atoms with Gasteiger partial charge in [-0.25, -0.2) is 4.79 Å². The quantitative estimate of drug-likeness (QED) is 0.321. The molecule has 2 N–H and O–H groups in total. The Morgan fingerprint density at radius 1 is 1.24 bits per heavy atom.